The van der Waals surface area contributed by atoms with E-state index in [-0.39, 0.29) is 5.91 Å². The van der Waals surface area contributed by atoms with Crippen molar-refractivity contribution in [3.8, 4) is 0 Å². The Hall–Kier alpha value is -0.650. The number of hydrogen-bond acceptors (Lipinski definition) is 4. The topological polar surface area (TPSA) is 73.6 Å². The average Bonchev–Trinajstić information content (AvgIpc) is 2.20. The summed E-state index contributed by atoms with van der Waals surface area (Å²) >= 11 is 0. The molecule has 0 aromatic heterocycles. The molecule has 0 fully saturated rings. The number of hydrogen-bond donors (Lipinski definition) is 2. The molecule has 0 unspecified atom stereocenters. The summed E-state index contributed by atoms with van der Waals surface area (Å²) in [6.45, 7) is 3.78. The van der Waals surface area contributed by atoms with E-state index in [4.69, 9.17) is 15.2 Å². The van der Waals surface area contributed by atoms with E-state index in [9.17, 15) is 4.79 Å². The quantitative estimate of drug-likeness (QED) is 0.475. The maximum absolute atomic E-state index is 10.4. The standard InChI is InChI=1S/C10H22N2O3/c1-14-8-9-15-7-3-6-12-5-2-4-10(11)13/h12H,2-9H2,1H3,(H2,11,13). The monoisotopic (exact) mass is 218 g/mol. The zero-order valence-corrected chi connectivity index (χ0v) is 9.46. The molecule has 5 heteroatoms. The van der Waals surface area contributed by atoms with Gasteiger partial charge in [0.2, 0.25) is 5.91 Å². The zero-order valence-electron chi connectivity index (χ0n) is 9.46. The molecule has 0 aromatic carbocycles. The Labute approximate surface area is 91.3 Å². The van der Waals surface area contributed by atoms with Gasteiger partial charge in [-0.2, -0.15) is 0 Å². The summed E-state index contributed by atoms with van der Waals surface area (Å²) in [4.78, 5) is 10.4. The summed E-state index contributed by atoms with van der Waals surface area (Å²) < 4.78 is 10.1. The fourth-order valence-electron chi connectivity index (χ4n) is 1.06. The molecule has 0 radical (unpaired) electrons. The molecule has 0 aliphatic rings. The van der Waals surface area contributed by atoms with Crippen molar-refractivity contribution in [1.29, 1.82) is 0 Å². The lowest BCUT2D eigenvalue weighted by Gasteiger charge is -2.04. The van der Waals surface area contributed by atoms with Crippen molar-refractivity contribution >= 4 is 5.91 Å². The van der Waals surface area contributed by atoms with Crippen molar-refractivity contribution < 1.29 is 14.3 Å². The number of carbonyl (C=O) groups excluding carboxylic acids is 1. The first kappa shape index (κ1) is 14.3. The van der Waals surface area contributed by atoms with Gasteiger partial charge in [-0.15, -0.1) is 0 Å². The molecule has 5 nitrogen and oxygen atoms in total. The van der Waals surface area contributed by atoms with Crippen LogP contribution in [0, 0.1) is 0 Å². The largest absolute Gasteiger partial charge is 0.382 e. The predicted molar refractivity (Wildman–Crippen MR) is 58.6 cm³/mol. The number of nitrogens with two attached hydrogens (primary N) is 1. The number of amides is 1. The van der Waals surface area contributed by atoms with Gasteiger partial charge in [-0.25, -0.2) is 0 Å². The molecule has 0 aliphatic carbocycles. The molecule has 0 bridgehead atoms. The molecule has 0 rings (SSSR count). The van der Waals surface area contributed by atoms with E-state index < -0.39 is 0 Å². The second kappa shape index (κ2) is 11.4. The van der Waals surface area contributed by atoms with E-state index in [1.807, 2.05) is 0 Å². The van der Waals surface area contributed by atoms with Crippen LogP contribution in [0.5, 0.6) is 0 Å². The molecule has 0 heterocycles. The van der Waals surface area contributed by atoms with Crippen LogP contribution < -0.4 is 11.1 Å². The van der Waals surface area contributed by atoms with Crippen LogP contribution in [0.1, 0.15) is 19.3 Å². The molecule has 90 valence electrons. The van der Waals surface area contributed by atoms with Crippen molar-refractivity contribution in [1.82, 2.24) is 5.32 Å². The van der Waals surface area contributed by atoms with Gasteiger partial charge >= 0.3 is 0 Å². The highest BCUT2D eigenvalue weighted by atomic mass is 16.5. The predicted octanol–water partition coefficient (Wildman–Crippen LogP) is -0.105. The van der Waals surface area contributed by atoms with Crippen LogP contribution in [0.15, 0.2) is 0 Å². The van der Waals surface area contributed by atoms with Gasteiger partial charge in [-0.05, 0) is 25.9 Å². The van der Waals surface area contributed by atoms with Gasteiger partial charge in [-0.3, -0.25) is 4.79 Å². The summed E-state index contributed by atoms with van der Waals surface area (Å²) in [5, 5.41) is 3.21. The molecule has 0 aromatic rings. The van der Waals surface area contributed by atoms with Crippen LogP contribution in [-0.2, 0) is 14.3 Å². The number of ether oxygens (including phenoxy) is 2. The Bertz CT molecular complexity index is 154. The Morgan fingerprint density at radius 1 is 1.20 bits per heavy atom. The van der Waals surface area contributed by atoms with Crippen molar-refractivity contribution in [2.24, 2.45) is 5.73 Å². The van der Waals surface area contributed by atoms with Crippen molar-refractivity contribution in [2.75, 3.05) is 40.0 Å². The number of methoxy groups -OCH3 is 1. The molecule has 1 amide bonds. The second-order valence-corrected chi connectivity index (χ2v) is 3.28. The smallest absolute Gasteiger partial charge is 0.217 e. The number of primary amides is 1. The van der Waals surface area contributed by atoms with Gasteiger partial charge in [0.1, 0.15) is 0 Å². The van der Waals surface area contributed by atoms with Crippen LogP contribution >= 0.6 is 0 Å². The van der Waals surface area contributed by atoms with E-state index in [1.54, 1.807) is 7.11 Å². The second-order valence-electron chi connectivity index (χ2n) is 3.28. The lowest BCUT2D eigenvalue weighted by atomic mass is 10.3. The van der Waals surface area contributed by atoms with Crippen molar-refractivity contribution in [3.05, 3.63) is 0 Å². The molecule has 0 saturated carbocycles. The number of rotatable bonds is 11. The summed E-state index contributed by atoms with van der Waals surface area (Å²) in [6.07, 6.45) is 2.23. The minimum atomic E-state index is -0.236. The molecule has 0 spiro atoms. The van der Waals surface area contributed by atoms with Gasteiger partial charge in [-0.1, -0.05) is 0 Å². The zero-order chi connectivity index (χ0) is 11.4. The highest BCUT2D eigenvalue weighted by Gasteiger charge is 1.93. The van der Waals surface area contributed by atoms with E-state index in [0.29, 0.717) is 19.6 Å². The van der Waals surface area contributed by atoms with E-state index in [0.717, 1.165) is 32.5 Å². The average molecular weight is 218 g/mol. The van der Waals surface area contributed by atoms with Crippen molar-refractivity contribution in [3.63, 3.8) is 0 Å². The van der Waals surface area contributed by atoms with Crippen LogP contribution in [0.2, 0.25) is 0 Å². The Morgan fingerprint density at radius 3 is 2.60 bits per heavy atom. The van der Waals surface area contributed by atoms with Crippen molar-refractivity contribution in [2.45, 2.75) is 19.3 Å². The normalized spacial score (nSPS) is 10.5. The molecule has 0 atom stereocenters. The summed E-state index contributed by atoms with van der Waals surface area (Å²) in [7, 11) is 1.66. The lowest BCUT2D eigenvalue weighted by molar-refractivity contribution is -0.118. The van der Waals surface area contributed by atoms with Crippen LogP contribution in [0.25, 0.3) is 0 Å². The highest BCUT2D eigenvalue weighted by molar-refractivity contribution is 5.73. The van der Waals surface area contributed by atoms with Gasteiger partial charge in [0.25, 0.3) is 0 Å². The third-order valence-electron chi connectivity index (χ3n) is 1.85. The van der Waals surface area contributed by atoms with Crippen LogP contribution in [0.4, 0.5) is 0 Å². The van der Waals surface area contributed by atoms with Gasteiger partial charge in [0, 0.05) is 20.1 Å². The number of nitrogens with one attached hydrogen (secondary N) is 1. The summed E-state index contributed by atoms with van der Waals surface area (Å²) in [5.74, 6) is -0.236. The van der Waals surface area contributed by atoms with E-state index in [2.05, 4.69) is 5.32 Å². The molecule has 0 saturated heterocycles. The summed E-state index contributed by atoms with van der Waals surface area (Å²) in [6, 6.07) is 0. The van der Waals surface area contributed by atoms with Gasteiger partial charge < -0.3 is 20.5 Å². The van der Waals surface area contributed by atoms with Gasteiger partial charge in [0.05, 0.1) is 13.2 Å². The van der Waals surface area contributed by atoms with Crippen LogP contribution in [0.3, 0.4) is 0 Å². The first-order chi connectivity index (χ1) is 7.27. The first-order valence-corrected chi connectivity index (χ1v) is 5.33. The van der Waals surface area contributed by atoms with Gasteiger partial charge in [0.15, 0.2) is 0 Å². The molecule has 0 aliphatic heterocycles. The fraction of sp³-hybridized carbons (Fsp3) is 0.900. The fourth-order valence-corrected chi connectivity index (χ4v) is 1.06. The van der Waals surface area contributed by atoms with Crippen LogP contribution in [-0.4, -0.2) is 45.9 Å². The minimum Gasteiger partial charge on any atom is -0.382 e. The summed E-state index contributed by atoms with van der Waals surface area (Å²) in [5.41, 5.74) is 5.00. The number of carbonyl (C=O) groups is 1. The Balaban J connectivity index is 2.89. The third kappa shape index (κ3) is 13.3. The lowest BCUT2D eigenvalue weighted by Crippen LogP contribution is -2.20. The maximum Gasteiger partial charge on any atom is 0.217 e. The molecular formula is C10H22N2O3. The highest BCUT2D eigenvalue weighted by Crippen LogP contribution is 1.85. The SMILES string of the molecule is COCCOCCCNCCCC(N)=O. The third-order valence-corrected chi connectivity index (χ3v) is 1.85. The Kier molecular flexibility index (Phi) is 10.9. The molecule has 3 N–H and O–H groups in total. The Morgan fingerprint density at radius 2 is 1.93 bits per heavy atom. The first-order valence-electron chi connectivity index (χ1n) is 5.33. The minimum absolute atomic E-state index is 0.236. The van der Waals surface area contributed by atoms with E-state index >= 15 is 0 Å². The maximum atomic E-state index is 10.4. The van der Waals surface area contributed by atoms with E-state index in [1.165, 1.54) is 0 Å². The molecule has 15 heavy (non-hydrogen) atoms. The molecular weight excluding hydrogens is 196 g/mol.